The molecule has 0 saturated carbocycles. The van der Waals surface area contributed by atoms with Gasteiger partial charge in [0.2, 0.25) is 0 Å². The number of thioether (sulfide) groups is 1. The normalized spacial score (nSPS) is 16.3. The van der Waals surface area contributed by atoms with Gasteiger partial charge in [-0.1, -0.05) is 80.6 Å². The third-order valence-corrected chi connectivity index (χ3v) is 7.15. The van der Waals surface area contributed by atoms with Crippen LogP contribution in [0.15, 0.2) is 102 Å². The highest BCUT2D eigenvalue weighted by Crippen LogP contribution is 2.46. The molecule has 0 aliphatic carbocycles. The first-order valence-electron chi connectivity index (χ1n) is 10.9. The average Bonchev–Trinajstić information content (AvgIpc) is 3.03. The quantitative estimate of drug-likeness (QED) is 0.249. The molecule has 3 aromatic rings. The smallest absolute Gasteiger partial charge is 0.324 e. The van der Waals surface area contributed by atoms with E-state index in [1.807, 2.05) is 90.8 Å². The average molecular weight is 458 g/mol. The van der Waals surface area contributed by atoms with E-state index < -0.39 is 11.2 Å². The maximum atomic E-state index is 13.0. The van der Waals surface area contributed by atoms with Gasteiger partial charge in [0.1, 0.15) is 5.25 Å². The Balaban J connectivity index is 1.48. The van der Waals surface area contributed by atoms with Crippen molar-refractivity contribution in [1.29, 1.82) is 0 Å². The molecule has 0 aromatic heterocycles. The van der Waals surface area contributed by atoms with Crippen LogP contribution in [-0.2, 0) is 19.7 Å². The number of likely N-dealkylation sites (N-methyl/N-ethyl adjacent to an activating group) is 1. The van der Waals surface area contributed by atoms with E-state index in [2.05, 4.69) is 19.9 Å². The predicted octanol–water partition coefficient (Wildman–Crippen LogP) is 5.94. The Bertz CT molecular complexity index is 1170. The Morgan fingerprint density at radius 3 is 2.21 bits per heavy atom. The van der Waals surface area contributed by atoms with Gasteiger partial charge >= 0.3 is 5.97 Å². The van der Waals surface area contributed by atoms with E-state index in [0.717, 1.165) is 21.8 Å². The monoisotopic (exact) mass is 457 g/mol. The highest BCUT2D eigenvalue weighted by molar-refractivity contribution is 8.00. The van der Waals surface area contributed by atoms with Crippen LogP contribution in [0.25, 0.3) is 0 Å². The molecule has 1 heterocycles. The molecule has 33 heavy (non-hydrogen) atoms. The Kier molecular flexibility index (Phi) is 6.70. The summed E-state index contributed by atoms with van der Waals surface area (Å²) in [6, 6.07) is 27.4. The fourth-order valence-corrected chi connectivity index (χ4v) is 5.23. The third kappa shape index (κ3) is 4.88. The number of ether oxygens (including phenoxy) is 1. The standard InChI is InChI=1S/C28H27NO3S/c1-28(2)23-16-10-11-17-24(23)29(3)25(28)18-21(30)19-32-27(31)26(20-12-6-4-7-13-20)33-22-14-8-5-9-15-22/h4-18,26H,19H2,1-3H3. The van der Waals surface area contributed by atoms with Crippen molar-refractivity contribution in [2.75, 3.05) is 18.6 Å². The lowest BCUT2D eigenvalue weighted by molar-refractivity contribution is -0.146. The number of allylic oxidation sites excluding steroid dienone is 1. The van der Waals surface area contributed by atoms with Gasteiger partial charge in [-0.2, -0.15) is 0 Å². The molecule has 0 N–H and O–H groups in total. The first-order valence-corrected chi connectivity index (χ1v) is 11.8. The Morgan fingerprint density at radius 2 is 1.55 bits per heavy atom. The number of rotatable bonds is 7. The van der Waals surface area contributed by atoms with E-state index >= 15 is 0 Å². The highest BCUT2D eigenvalue weighted by Gasteiger charge is 2.38. The minimum absolute atomic E-state index is 0.234. The van der Waals surface area contributed by atoms with Crippen LogP contribution >= 0.6 is 11.8 Å². The number of nitrogens with zero attached hydrogens (tertiary/aromatic N) is 1. The maximum Gasteiger partial charge on any atom is 0.324 e. The summed E-state index contributed by atoms with van der Waals surface area (Å²) < 4.78 is 5.51. The molecule has 0 radical (unpaired) electrons. The van der Waals surface area contributed by atoms with E-state index in [4.69, 9.17) is 4.74 Å². The van der Waals surface area contributed by atoms with Gasteiger partial charge in [-0.25, -0.2) is 0 Å². The molecule has 3 aromatic carbocycles. The summed E-state index contributed by atoms with van der Waals surface area (Å²) in [5, 5.41) is -0.552. The van der Waals surface area contributed by atoms with Crippen LogP contribution < -0.4 is 4.90 Å². The molecule has 1 aliphatic rings. The van der Waals surface area contributed by atoms with Crippen molar-refractivity contribution >= 4 is 29.2 Å². The van der Waals surface area contributed by atoms with Crippen molar-refractivity contribution in [3.63, 3.8) is 0 Å². The number of carbonyl (C=O) groups is 2. The van der Waals surface area contributed by atoms with Gasteiger partial charge in [0.25, 0.3) is 0 Å². The Morgan fingerprint density at radius 1 is 0.939 bits per heavy atom. The number of esters is 1. The van der Waals surface area contributed by atoms with Gasteiger partial charge in [0.15, 0.2) is 12.4 Å². The van der Waals surface area contributed by atoms with Crippen molar-refractivity contribution in [2.45, 2.75) is 29.4 Å². The number of fused-ring (bicyclic) bond motifs is 1. The molecular weight excluding hydrogens is 430 g/mol. The van der Waals surface area contributed by atoms with Gasteiger partial charge in [-0.15, -0.1) is 11.8 Å². The first kappa shape index (κ1) is 22.9. The van der Waals surface area contributed by atoms with E-state index in [9.17, 15) is 9.59 Å². The van der Waals surface area contributed by atoms with Crippen LogP contribution in [0, 0.1) is 0 Å². The number of benzene rings is 3. The molecule has 0 spiro atoms. The van der Waals surface area contributed by atoms with Crippen LogP contribution in [0.1, 0.15) is 30.2 Å². The molecule has 0 saturated heterocycles. The van der Waals surface area contributed by atoms with E-state index in [0.29, 0.717) is 0 Å². The Labute approximate surface area is 199 Å². The molecule has 5 heteroatoms. The van der Waals surface area contributed by atoms with Crippen LogP contribution in [0.3, 0.4) is 0 Å². The van der Waals surface area contributed by atoms with Crippen molar-refractivity contribution in [3.05, 3.63) is 108 Å². The van der Waals surface area contributed by atoms with Gasteiger partial charge in [0.05, 0.1) is 0 Å². The topological polar surface area (TPSA) is 46.6 Å². The van der Waals surface area contributed by atoms with Gasteiger partial charge < -0.3 is 9.64 Å². The predicted molar refractivity (Wildman–Crippen MR) is 133 cm³/mol. The van der Waals surface area contributed by atoms with Crippen LogP contribution in [0.2, 0.25) is 0 Å². The fourth-order valence-electron chi connectivity index (χ4n) is 4.19. The summed E-state index contributed by atoms with van der Waals surface area (Å²) in [4.78, 5) is 28.8. The number of para-hydroxylation sites is 1. The van der Waals surface area contributed by atoms with Crippen molar-refractivity contribution < 1.29 is 14.3 Å². The zero-order valence-electron chi connectivity index (χ0n) is 19.0. The highest BCUT2D eigenvalue weighted by atomic mass is 32.2. The fraction of sp³-hybridized carbons (Fsp3) is 0.214. The molecule has 4 rings (SSSR count). The molecule has 0 bridgehead atoms. The molecule has 0 fully saturated rings. The summed E-state index contributed by atoms with van der Waals surface area (Å²) in [6.45, 7) is 3.91. The van der Waals surface area contributed by atoms with Gasteiger partial charge in [-0.05, 0) is 29.3 Å². The molecule has 1 atom stereocenters. The lowest BCUT2D eigenvalue weighted by Crippen LogP contribution is -2.25. The first-order chi connectivity index (χ1) is 15.9. The van der Waals surface area contributed by atoms with E-state index in [1.54, 1.807) is 6.08 Å². The van der Waals surface area contributed by atoms with E-state index in [1.165, 1.54) is 17.3 Å². The third-order valence-electron chi connectivity index (χ3n) is 5.91. The second-order valence-electron chi connectivity index (χ2n) is 8.53. The maximum absolute atomic E-state index is 13.0. The van der Waals surface area contributed by atoms with Crippen molar-refractivity contribution in [1.82, 2.24) is 0 Å². The van der Waals surface area contributed by atoms with Crippen LogP contribution in [-0.4, -0.2) is 25.4 Å². The molecule has 1 aliphatic heterocycles. The Hall–Kier alpha value is -3.31. The number of hydrogen-bond donors (Lipinski definition) is 0. The summed E-state index contributed by atoms with van der Waals surface area (Å²) in [5.74, 6) is -0.660. The summed E-state index contributed by atoms with van der Waals surface area (Å²) in [6.07, 6.45) is 1.61. The zero-order chi connectivity index (χ0) is 23.4. The summed E-state index contributed by atoms with van der Waals surface area (Å²) in [5.41, 5.74) is 3.69. The zero-order valence-corrected chi connectivity index (χ0v) is 19.8. The largest absolute Gasteiger partial charge is 0.456 e. The number of hydrogen-bond acceptors (Lipinski definition) is 5. The lowest BCUT2D eigenvalue weighted by Gasteiger charge is -2.24. The number of ketones is 1. The molecule has 168 valence electrons. The van der Waals surface area contributed by atoms with Crippen molar-refractivity contribution in [3.8, 4) is 0 Å². The summed E-state index contributed by atoms with van der Waals surface area (Å²) >= 11 is 1.42. The molecule has 0 amide bonds. The van der Waals surface area contributed by atoms with E-state index in [-0.39, 0.29) is 17.8 Å². The lowest BCUT2D eigenvalue weighted by atomic mass is 9.83. The van der Waals surface area contributed by atoms with Crippen LogP contribution in [0.5, 0.6) is 0 Å². The van der Waals surface area contributed by atoms with Crippen LogP contribution in [0.4, 0.5) is 5.69 Å². The summed E-state index contributed by atoms with van der Waals surface area (Å²) in [7, 11) is 1.96. The number of anilines is 1. The van der Waals surface area contributed by atoms with Crippen molar-refractivity contribution in [2.24, 2.45) is 0 Å². The second-order valence-corrected chi connectivity index (χ2v) is 9.70. The number of carbonyl (C=O) groups excluding carboxylic acids is 2. The molecule has 1 unspecified atom stereocenters. The molecule has 4 nitrogen and oxygen atoms in total. The molecular formula is C28H27NO3S. The second kappa shape index (κ2) is 9.67. The van der Waals surface area contributed by atoms with Gasteiger partial charge in [-0.3, -0.25) is 9.59 Å². The van der Waals surface area contributed by atoms with Gasteiger partial charge in [0, 0.05) is 34.8 Å². The minimum atomic E-state index is -0.552. The minimum Gasteiger partial charge on any atom is -0.456 e. The SMILES string of the molecule is CN1C(=CC(=O)COC(=O)C(Sc2ccccc2)c2ccccc2)C(C)(C)c2ccccc21.